The molecule has 2 atom stereocenters. The van der Waals surface area contributed by atoms with Gasteiger partial charge in [-0.15, -0.1) is 0 Å². The molecule has 2 N–H and O–H groups in total. The van der Waals surface area contributed by atoms with Crippen LogP contribution in [0.15, 0.2) is 0 Å². The van der Waals surface area contributed by atoms with Crippen molar-refractivity contribution in [3.8, 4) is 0 Å². The molecule has 1 aromatic rings. The van der Waals surface area contributed by atoms with E-state index in [4.69, 9.17) is 5.73 Å². The SMILES string of the molecule is C[C@@H](c1nc(N)nc(N(C)C)n1)N1CCN(CC(=O)N2CCCC[C@@H]2C)CC1. The number of aromatic nitrogens is 3. The van der Waals surface area contributed by atoms with Gasteiger partial charge in [-0.25, -0.2) is 0 Å². The molecule has 0 aromatic carbocycles. The molecule has 0 saturated carbocycles. The molecule has 0 spiro atoms. The molecule has 0 unspecified atom stereocenters. The third-order valence-electron chi connectivity index (χ3n) is 5.87. The topological polar surface area (TPSA) is 94.7 Å². The zero-order chi connectivity index (χ0) is 20.3. The molecule has 0 aliphatic carbocycles. The van der Waals surface area contributed by atoms with Gasteiger partial charge in [-0.1, -0.05) is 0 Å². The summed E-state index contributed by atoms with van der Waals surface area (Å²) in [6, 6.07) is 0.437. The third-order valence-corrected chi connectivity index (χ3v) is 5.87. The number of nitrogen functional groups attached to an aromatic ring is 1. The van der Waals surface area contributed by atoms with Gasteiger partial charge < -0.3 is 15.5 Å². The van der Waals surface area contributed by atoms with E-state index in [2.05, 4.69) is 43.5 Å². The summed E-state index contributed by atoms with van der Waals surface area (Å²) < 4.78 is 0. The largest absolute Gasteiger partial charge is 0.368 e. The molecular formula is C19H34N8O. The lowest BCUT2D eigenvalue weighted by molar-refractivity contribution is -0.136. The van der Waals surface area contributed by atoms with E-state index >= 15 is 0 Å². The van der Waals surface area contributed by atoms with Crippen molar-refractivity contribution in [1.29, 1.82) is 0 Å². The second-order valence-electron chi connectivity index (χ2n) is 8.17. The van der Waals surface area contributed by atoms with Gasteiger partial charge in [0.05, 0.1) is 12.6 Å². The Bertz CT molecular complexity index is 674. The number of likely N-dealkylation sites (tertiary alicyclic amines) is 1. The number of piperidine rings is 1. The van der Waals surface area contributed by atoms with Gasteiger partial charge in [0.25, 0.3) is 0 Å². The Balaban J connectivity index is 1.54. The maximum atomic E-state index is 12.7. The Labute approximate surface area is 167 Å². The van der Waals surface area contributed by atoms with E-state index < -0.39 is 0 Å². The molecule has 2 fully saturated rings. The second kappa shape index (κ2) is 9.00. The van der Waals surface area contributed by atoms with Gasteiger partial charge in [0.1, 0.15) is 0 Å². The highest BCUT2D eigenvalue weighted by molar-refractivity contribution is 5.78. The highest BCUT2D eigenvalue weighted by atomic mass is 16.2. The molecule has 3 heterocycles. The fourth-order valence-electron chi connectivity index (χ4n) is 4.01. The van der Waals surface area contributed by atoms with Crippen LogP contribution in [-0.4, -0.2) is 95.0 Å². The highest BCUT2D eigenvalue weighted by Crippen LogP contribution is 2.21. The Morgan fingerprint density at radius 2 is 1.86 bits per heavy atom. The molecule has 1 aromatic heterocycles. The Morgan fingerprint density at radius 1 is 1.14 bits per heavy atom. The van der Waals surface area contributed by atoms with Crippen molar-refractivity contribution in [3.05, 3.63) is 5.82 Å². The number of rotatable bonds is 5. The lowest BCUT2D eigenvalue weighted by Gasteiger charge is -2.39. The lowest BCUT2D eigenvalue weighted by atomic mass is 10.0. The Hall–Kier alpha value is -2.00. The number of carbonyl (C=O) groups is 1. The Kier molecular flexibility index (Phi) is 6.66. The van der Waals surface area contributed by atoms with E-state index in [0.29, 0.717) is 24.4 Å². The van der Waals surface area contributed by atoms with Gasteiger partial charge in [0, 0.05) is 52.9 Å². The predicted octanol–water partition coefficient (Wildman–Crippen LogP) is 0.599. The van der Waals surface area contributed by atoms with Crippen molar-refractivity contribution in [2.45, 2.75) is 45.2 Å². The minimum absolute atomic E-state index is 0.0592. The van der Waals surface area contributed by atoms with E-state index in [0.717, 1.165) is 45.6 Å². The van der Waals surface area contributed by atoms with Gasteiger partial charge in [-0.2, -0.15) is 15.0 Å². The summed E-state index contributed by atoms with van der Waals surface area (Å²) in [4.78, 5) is 34.2. The van der Waals surface area contributed by atoms with Crippen LogP contribution in [0.4, 0.5) is 11.9 Å². The number of piperazine rings is 1. The molecule has 28 heavy (non-hydrogen) atoms. The van der Waals surface area contributed by atoms with E-state index in [9.17, 15) is 4.79 Å². The van der Waals surface area contributed by atoms with Crippen molar-refractivity contribution in [1.82, 2.24) is 29.7 Å². The van der Waals surface area contributed by atoms with Crippen molar-refractivity contribution in [2.24, 2.45) is 0 Å². The molecule has 2 saturated heterocycles. The van der Waals surface area contributed by atoms with Crippen LogP contribution in [0.2, 0.25) is 0 Å². The molecule has 2 aliphatic rings. The number of amides is 1. The zero-order valence-electron chi connectivity index (χ0n) is 17.6. The molecule has 9 nitrogen and oxygen atoms in total. The van der Waals surface area contributed by atoms with Crippen molar-refractivity contribution < 1.29 is 4.79 Å². The van der Waals surface area contributed by atoms with Crippen LogP contribution in [0.3, 0.4) is 0 Å². The van der Waals surface area contributed by atoms with E-state index in [1.165, 1.54) is 6.42 Å². The normalized spacial score (nSPS) is 22.9. The Morgan fingerprint density at radius 3 is 2.50 bits per heavy atom. The van der Waals surface area contributed by atoms with Crippen LogP contribution in [0.5, 0.6) is 0 Å². The molecular weight excluding hydrogens is 356 g/mol. The molecule has 156 valence electrons. The average Bonchev–Trinajstić information content (AvgIpc) is 2.67. The van der Waals surface area contributed by atoms with E-state index in [-0.39, 0.29) is 17.9 Å². The molecule has 3 rings (SSSR count). The first-order valence-electron chi connectivity index (χ1n) is 10.3. The van der Waals surface area contributed by atoms with Crippen LogP contribution in [-0.2, 0) is 4.79 Å². The molecule has 2 aliphatic heterocycles. The summed E-state index contributed by atoms with van der Waals surface area (Å²) in [6.07, 6.45) is 3.49. The molecule has 9 heteroatoms. The number of carbonyl (C=O) groups excluding carboxylic acids is 1. The minimum atomic E-state index is 0.0592. The predicted molar refractivity (Wildman–Crippen MR) is 110 cm³/mol. The minimum Gasteiger partial charge on any atom is -0.368 e. The van der Waals surface area contributed by atoms with Gasteiger partial charge in [0.2, 0.25) is 17.8 Å². The summed E-state index contributed by atoms with van der Waals surface area (Å²) in [5.74, 6) is 1.80. The summed E-state index contributed by atoms with van der Waals surface area (Å²) in [5.41, 5.74) is 5.87. The van der Waals surface area contributed by atoms with Crippen LogP contribution in [0, 0.1) is 0 Å². The van der Waals surface area contributed by atoms with Gasteiger partial charge in [0.15, 0.2) is 5.82 Å². The summed E-state index contributed by atoms with van der Waals surface area (Å²) in [6.45, 7) is 9.21. The summed E-state index contributed by atoms with van der Waals surface area (Å²) >= 11 is 0. The van der Waals surface area contributed by atoms with Crippen LogP contribution in [0.1, 0.15) is 45.0 Å². The fourth-order valence-corrected chi connectivity index (χ4v) is 4.01. The van der Waals surface area contributed by atoms with Gasteiger partial charge in [-0.05, 0) is 33.1 Å². The zero-order valence-corrected chi connectivity index (χ0v) is 17.6. The maximum absolute atomic E-state index is 12.7. The number of hydrogen-bond acceptors (Lipinski definition) is 8. The van der Waals surface area contributed by atoms with Crippen molar-refractivity contribution in [2.75, 3.05) is 64.0 Å². The van der Waals surface area contributed by atoms with Gasteiger partial charge in [-0.3, -0.25) is 14.6 Å². The first-order chi connectivity index (χ1) is 13.3. The van der Waals surface area contributed by atoms with E-state index in [1.807, 2.05) is 19.0 Å². The summed E-state index contributed by atoms with van der Waals surface area (Å²) in [7, 11) is 3.78. The molecule has 1 amide bonds. The molecule has 0 bridgehead atoms. The lowest BCUT2D eigenvalue weighted by Crippen LogP contribution is -2.52. The third kappa shape index (κ3) is 4.88. The standard InChI is InChI=1S/C19H34N8O/c1-14-7-5-6-8-27(14)16(28)13-25-9-11-26(12-10-25)15(2)17-21-18(20)23-19(22-17)24(3)4/h14-15H,5-13H2,1-4H3,(H2,20,21,22,23)/t14-,15-/m0/s1. The van der Waals surface area contributed by atoms with Crippen molar-refractivity contribution >= 4 is 17.8 Å². The van der Waals surface area contributed by atoms with Crippen LogP contribution < -0.4 is 10.6 Å². The average molecular weight is 391 g/mol. The van der Waals surface area contributed by atoms with Crippen LogP contribution in [0.25, 0.3) is 0 Å². The quantitative estimate of drug-likeness (QED) is 0.781. The van der Waals surface area contributed by atoms with Crippen molar-refractivity contribution in [3.63, 3.8) is 0 Å². The second-order valence-corrected chi connectivity index (χ2v) is 8.17. The fraction of sp³-hybridized carbons (Fsp3) is 0.789. The highest BCUT2D eigenvalue weighted by Gasteiger charge is 2.28. The first kappa shape index (κ1) is 20.7. The summed E-state index contributed by atoms with van der Waals surface area (Å²) in [5, 5.41) is 0. The van der Waals surface area contributed by atoms with Gasteiger partial charge >= 0.3 is 0 Å². The number of hydrogen-bond donors (Lipinski definition) is 1. The van der Waals surface area contributed by atoms with E-state index in [1.54, 1.807) is 0 Å². The number of nitrogens with zero attached hydrogens (tertiary/aromatic N) is 7. The smallest absolute Gasteiger partial charge is 0.236 e. The van der Waals surface area contributed by atoms with Crippen LogP contribution >= 0.6 is 0 Å². The first-order valence-corrected chi connectivity index (χ1v) is 10.3. The monoisotopic (exact) mass is 390 g/mol. The maximum Gasteiger partial charge on any atom is 0.236 e. The molecule has 0 radical (unpaired) electrons. The number of anilines is 2. The number of nitrogens with two attached hydrogens (primary N) is 1.